The van der Waals surface area contributed by atoms with Gasteiger partial charge in [0.1, 0.15) is 6.04 Å². The molecule has 0 aromatic heterocycles. The molecule has 0 aromatic carbocycles. The van der Waals surface area contributed by atoms with Crippen molar-refractivity contribution in [2.24, 2.45) is 0 Å². The molecule has 0 fully saturated rings. The van der Waals surface area contributed by atoms with Crippen LogP contribution in [-0.4, -0.2) is 53.1 Å². The molecule has 104 valence electrons. The summed E-state index contributed by atoms with van der Waals surface area (Å²) in [6.07, 6.45) is 4.79. The summed E-state index contributed by atoms with van der Waals surface area (Å²) in [7, 11) is 0. The predicted octanol–water partition coefficient (Wildman–Crippen LogP) is 1.80. The number of carbonyl (C=O) groups is 2. The normalized spacial score (nSPS) is 11.7. The van der Waals surface area contributed by atoms with Gasteiger partial charge in [0.05, 0.1) is 0 Å². The number of nitrogens with one attached hydrogen (secondary N) is 1. The van der Waals surface area contributed by atoms with Gasteiger partial charge < -0.3 is 15.3 Å². The maximum Gasteiger partial charge on any atom is 0.326 e. The minimum absolute atomic E-state index is 0.342. The zero-order valence-electron chi connectivity index (χ0n) is 11.0. The molecule has 2 N–H and O–H groups in total. The van der Waals surface area contributed by atoms with Gasteiger partial charge in [-0.05, 0) is 24.9 Å². The molecular formula is C12H22N2O3S. The van der Waals surface area contributed by atoms with Crippen LogP contribution in [0.15, 0.2) is 12.7 Å². The van der Waals surface area contributed by atoms with Crippen LogP contribution in [0.5, 0.6) is 0 Å². The number of nitrogens with zero attached hydrogens (tertiary/aromatic N) is 1. The second-order valence-corrected chi connectivity index (χ2v) is 4.84. The molecule has 0 rings (SSSR count). The highest BCUT2D eigenvalue weighted by molar-refractivity contribution is 7.98. The number of thioether (sulfide) groups is 1. The molecule has 0 spiro atoms. The van der Waals surface area contributed by atoms with Crippen LogP contribution in [0, 0.1) is 0 Å². The van der Waals surface area contributed by atoms with E-state index in [0.717, 1.165) is 6.42 Å². The molecule has 0 heterocycles. The van der Waals surface area contributed by atoms with Gasteiger partial charge in [0, 0.05) is 13.1 Å². The van der Waals surface area contributed by atoms with Gasteiger partial charge in [-0.25, -0.2) is 9.59 Å². The average molecular weight is 274 g/mol. The van der Waals surface area contributed by atoms with Gasteiger partial charge in [-0.2, -0.15) is 11.8 Å². The van der Waals surface area contributed by atoms with E-state index >= 15 is 0 Å². The smallest absolute Gasteiger partial charge is 0.326 e. The first-order valence-electron chi connectivity index (χ1n) is 5.94. The third kappa shape index (κ3) is 6.54. The van der Waals surface area contributed by atoms with Crippen molar-refractivity contribution in [3.8, 4) is 0 Å². The summed E-state index contributed by atoms with van der Waals surface area (Å²) >= 11 is 1.56. The lowest BCUT2D eigenvalue weighted by Crippen LogP contribution is -2.48. The number of amides is 2. The van der Waals surface area contributed by atoms with E-state index in [4.69, 9.17) is 5.11 Å². The van der Waals surface area contributed by atoms with Crippen LogP contribution in [0.1, 0.15) is 19.8 Å². The van der Waals surface area contributed by atoms with E-state index in [-0.39, 0.29) is 6.03 Å². The number of carboxylic acid groups (broad SMARTS) is 1. The molecule has 0 aliphatic rings. The lowest BCUT2D eigenvalue weighted by Gasteiger charge is -2.23. The van der Waals surface area contributed by atoms with E-state index in [0.29, 0.717) is 25.3 Å². The molecule has 0 bridgehead atoms. The summed E-state index contributed by atoms with van der Waals surface area (Å²) in [4.78, 5) is 24.5. The fraction of sp³-hybridized carbons (Fsp3) is 0.667. The largest absolute Gasteiger partial charge is 0.480 e. The number of urea groups is 1. The maximum absolute atomic E-state index is 11.9. The SMILES string of the molecule is C=CCN(CCC)C(=O)N[C@@H](CCSC)C(=O)O. The zero-order valence-corrected chi connectivity index (χ0v) is 11.8. The highest BCUT2D eigenvalue weighted by Crippen LogP contribution is 2.02. The van der Waals surface area contributed by atoms with Crippen molar-refractivity contribution >= 4 is 23.8 Å². The Balaban J connectivity index is 4.44. The fourth-order valence-corrected chi connectivity index (χ4v) is 1.91. The summed E-state index contributed by atoms with van der Waals surface area (Å²) < 4.78 is 0. The van der Waals surface area contributed by atoms with Crippen molar-refractivity contribution in [2.45, 2.75) is 25.8 Å². The van der Waals surface area contributed by atoms with E-state index < -0.39 is 12.0 Å². The minimum atomic E-state index is -0.993. The summed E-state index contributed by atoms with van der Waals surface area (Å²) in [6, 6.07) is -1.17. The highest BCUT2D eigenvalue weighted by atomic mass is 32.2. The quantitative estimate of drug-likeness (QED) is 0.629. The molecule has 5 nitrogen and oxygen atoms in total. The van der Waals surface area contributed by atoms with Gasteiger partial charge in [-0.1, -0.05) is 13.0 Å². The van der Waals surface area contributed by atoms with Crippen molar-refractivity contribution < 1.29 is 14.7 Å². The topological polar surface area (TPSA) is 69.6 Å². The Labute approximate surface area is 113 Å². The van der Waals surface area contributed by atoms with Crippen molar-refractivity contribution in [1.82, 2.24) is 10.2 Å². The number of hydrogen-bond donors (Lipinski definition) is 2. The molecule has 6 heteroatoms. The van der Waals surface area contributed by atoms with Gasteiger partial charge in [0.25, 0.3) is 0 Å². The number of hydrogen-bond acceptors (Lipinski definition) is 3. The third-order valence-electron chi connectivity index (χ3n) is 2.34. The minimum Gasteiger partial charge on any atom is -0.480 e. The molecule has 0 saturated heterocycles. The van der Waals surface area contributed by atoms with Crippen LogP contribution in [0.3, 0.4) is 0 Å². The van der Waals surface area contributed by atoms with Gasteiger partial charge >= 0.3 is 12.0 Å². The van der Waals surface area contributed by atoms with Gasteiger partial charge in [-0.3, -0.25) is 0 Å². The van der Waals surface area contributed by atoms with Crippen LogP contribution in [0.2, 0.25) is 0 Å². The first-order chi connectivity index (χ1) is 8.56. The fourth-order valence-electron chi connectivity index (χ4n) is 1.43. The number of carbonyl (C=O) groups excluding carboxylic acids is 1. The molecule has 18 heavy (non-hydrogen) atoms. The van der Waals surface area contributed by atoms with Crippen LogP contribution in [-0.2, 0) is 4.79 Å². The standard InChI is InChI=1S/C12H22N2O3S/c1-4-7-14(8-5-2)12(17)13-10(11(15)16)6-9-18-3/h4,10H,1,5-9H2,2-3H3,(H,13,17)(H,15,16)/t10-/m0/s1. The van der Waals surface area contributed by atoms with E-state index in [1.165, 1.54) is 0 Å². The monoisotopic (exact) mass is 274 g/mol. The van der Waals surface area contributed by atoms with E-state index in [1.807, 2.05) is 13.2 Å². The Bertz CT molecular complexity index is 284. The second kappa shape index (κ2) is 9.82. The van der Waals surface area contributed by atoms with Gasteiger partial charge in [-0.15, -0.1) is 6.58 Å². The van der Waals surface area contributed by atoms with Crippen LogP contribution in [0.25, 0.3) is 0 Å². The molecular weight excluding hydrogens is 252 g/mol. The Morgan fingerprint density at radius 3 is 2.67 bits per heavy atom. The second-order valence-electron chi connectivity index (χ2n) is 3.86. The summed E-state index contributed by atoms with van der Waals surface area (Å²) in [6.45, 7) is 6.57. The molecule has 0 aliphatic carbocycles. The molecule has 0 saturated carbocycles. The van der Waals surface area contributed by atoms with Crippen molar-refractivity contribution in [3.05, 3.63) is 12.7 Å². The molecule has 1 atom stereocenters. The highest BCUT2D eigenvalue weighted by Gasteiger charge is 2.21. The summed E-state index contributed by atoms with van der Waals surface area (Å²) in [5.41, 5.74) is 0. The van der Waals surface area contributed by atoms with Gasteiger partial charge in [0.15, 0.2) is 0 Å². The zero-order chi connectivity index (χ0) is 14.0. The first-order valence-corrected chi connectivity index (χ1v) is 7.34. The van der Waals surface area contributed by atoms with E-state index in [9.17, 15) is 9.59 Å². The summed E-state index contributed by atoms with van der Waals surface area (Å²) in [5, 5.41) is 11.6. The van der Waals surface area contributed by atoms with Crippen LogP contribution < -0.4 is 5.32 Å². The Morgan fingerprint density at radius 2 is 2.22 bits per heavy atom. The lowest BCUT2D eigenvalue weighted by atomic mass is 10.2. The number of aliphatic carboxylic acids is 1. The lowest BCUT2D eigenvalue weighted by molar-refractivity contribution is -0.139. The van der Waals surface area contributed by atoms with Crippen molar-refractivity contribution in [1.29, 1.82) is 0 Å². The van der Waals surface area contributed by atoms with Crippen molar-refractivity contribution in [2.75, 3.05) is 25.1 Å². The summed E-state index contributed by atoms with van der Waals surface area (Å²) in [5.74, 6) is -0.292. The van der Waals surface area contributed by atoms with Crippen LogP contribution in [0.4, 0.5) is 4.79 Å². The Morgan fingerprint density at radius 1 is 1.56 bits per heavy atom. The van der Waals surface area contributed by atoms with E-state index in [1.54, 1.807) is 22.7 Å². The number of rotatable bonds is 9. The van der Waals surface area contributed by atoms with Gasteiger partial charge in [0.2, 0.25) is 0 Å². The molecule has 2 amide bonds. The third-order valence-corrected chi connectivity index (χ3v) is 2.98. The van der Waals surface area contributed by atoms with Crippen molar-refractivity contribution in [3.63, 3.8) is 0 Å². The molecule has 0 aliphatic heterocycles. The van der Waals surface area contributed by atoms with Crippen LogP contribution >= 0.6 is 11.8 Å². The first kappa shape index (κ1) is 16.8. The molecule has 0 unspecified atom stereocenters. The predicted molar refractivity (Wildman–Crippen MR) is 75.0 cm³/mol. The molecule has 0 radical (unpaired) electrons. The maximum atomic E-state index is 11.9. The average Bonchev–Trinajstić information content (AvgIpc) is 2.33. The molecule has 0 aromatic rings. The number of carboxylic acids is 1. The Hall–Kier alpha value is -1.17. The Kier molecular flexibility index (Phi) is 9.18. The van der Waals surface area contributed by atoms with E-state index in [2.05, 4.69) is 11.9 Å².